The van der Waals surface area contributed by atoms with Crippen molar-refractivity contribution in [1.29, 1.82) is 0 Å². The molecule has 6 nitrogen and oxygen atoms in total. The molecule has 1 fully saturated rings. The SMILES string of the molecule is N[C@@H](Cc1cccs1)C(=O)N1CCN(c2nc3ccc(CO)cc3s2)CC1. The second-order valence-electron chi connectivity index (χ2n) is 6.66. The van der Waals surface area contributed by atoms with Crippen LogP contribution in [0.25, 0.3) is 10.2 Å². The number of piperazine rings is 1. The van der Waals surface area contributed by atoms with Gasteiger partial charge in [0.1, 0.15) is 0 Å². The Labute approximate surface area is 165 Å². The Hall–Kier alpha value is -2.00. The van der Waals surface area contributed by atoms with Gasteiger partial charge in [-0.2, -0.15) is 0 Å². The third-order valence-corrected chi connectivity index (χ3v) is 6.78. The van der Waals surface area contributed by atoms with Crippen molar-refractivity contribution < 1.29 is 9.90 Å². The summed E-state index contributed by atoms with van der Waals surface area (Å²) in [7, 11) is 0. The van der Waals surface area contributed by atoms with Crippen LogP contribution in [0.4, 0.5) is 5.13 Å². The molecule has 0 saturated carbocycles. The van der Waals surface area contributed by atoms with E-state index in [-0.39, 0.29) is 12.5 Å². The monoisotopic (exact) mass is 402 g/mol. The van der Waals surface area contributed by atoms with Gasteiger partial charge in [-0.25, -0.2) is 4.98 Å². The second-order valence-corrected chi connectivity index (χ2v) is 8.70. The first-order valence-corrected chi connectivity index (χ1v) is 10.7. The highest BCUT2D eigenvalue weighted by molar-refractivity contribution is 7.22. The molecule has 1 atom stereocenters. The number of nitrogens with zero attached hydrogens (tertiary/aromatic N) is 3. The highest BCUT2D eigenvalue weighted by Gasteiger charge is 2.26. The number of amides is 1. The first kappa shape index (κ1) is 18.4. The lowest BCUT2D eigenvalue weighted by molar-refractivity contribution is -0.132. The van der Waals surface area contributed by atoms with E-state index in [4.69, 9.17) is 10.7 Å². The number of thiazole rings is 1. The number of thiophene rings is 1. The Kier molecular flexibility index (Phi) is 5.40. The Morgan fingerprint density at radius 1 is 1.26 bits per heavy atom. The number of fused-ring (bicyclic) bond motifs is 1. The Morgan fingerprint density at radius 3 is 2.78 bits per heavy atom. The summed E-state index contributed by atoms with van der Waals surface area (Å²) in [5.74, 6) is 0.0277. The summed E-state index contributed by atoms with van der Waals surface area (Å²) in [6, 6.07) is 9.36. The number of carbonyl (C=O) groups is 1. The van der Waals surface area contributed by atoms with Gasteiger partial charge in [-0.3, -0.25) is 4.79 Å². The van der Waals surface area contributed by atoms with Crippen LogP contribution in [-0.2, 0) is 17.8 Å². The van der Waals surface area contributed by atoms with E-state index in [1.165, 1.54) is 0 Å². The predicted octanol–water partition coefficient (Wildman–Crippen LogP) is 2.07. The van der Waals surface area contributed by atoms with Crippen molar-refractivity contribution in [3.63, 3.8) is 0 Å². The smallest absolute Gasteiger partial charge is 0.239 e. The lowest BCUT2D eigenvalue weighted by atomic mass is 10.1. The fourth-order valence-corrected chi connectivity index (χ4v) is 5.12. The van der Waals surface area contributed by atoms with Gasteiger partial charge in [0, 0.05) is 37.5 Å². The van der Waals surface area contributed by atoms with E-state index in [1.807, 2.05) is 40.6 Å². The summed E-state index contributed by atoms with van der Waals surface area (Å²) in [4.78, 5) is 22.6. The topological polar surface area (TPSA) is 82.7 Å². The number of rotatable bonds is 5. The molecular weight excluding hydrogens is 380 g/mol. The van der Waals surface area contributed by atoms with Crippen molar-refractivity contribution in [1.82, 2.24) is 9.88 Å². The van der Waals surface area contributed by atoms with Crippen molar-refractivity contribution in [2.24, 2.45) is 5.73 Å². The van der Waals surface area contributed by atoms with Crippen LogP contribution in [0.15, 0.2) is 35.7 Å². The summed E-state index contributed by atoms with van der Waals surface area (Å²) < 4.78 is 1.08. The Morgan fingerprint density at radius 2 is 2.07 bits per heavy atom. The number of nitrogens with two attached hydrogens (primary N) is 1. The molecule has 0 spiro atoms. The predicted molar refractivity (Wildman–Crippen MR) is 110 cm³/mol. The van der Waals surface area contributed by atoms with E-state index in [0.717, 1.165) is 38.9 Å². The molecule has 3 N–H and O–H groups in total. The molecule has 1 aliphatic heterocycles. The van der Waals surface area contributed by atoms with Crippen LogP contribution in [-0.4, -0.2) is 53.1 Å². The number of aliphatic hydroxyl groups excluding tert-OH is 1. The van der Waals surface area contributed by atoms with Crippen LogP contribution in [0.3, 0.4) is 0 Å². The van der Waals surface area contributed by atoms with Crippen molar-refractivity contribution >= 4 is 43.9 Å². The van der Waals surface area contributed by atoms with Crippen LogP contribution >= 0.6 is 22.7 Å². The number of carbonyl (C=O) groups excluding carboxylic acids is 1. The third kappa shape index (κ3) is 3.98. The lowest BCUT2D eigenvalue weighted by Gasteiger charge is -2.35. The number of hydrogen-bond donors (Lipinski definition) is 2. The van der Waals surface area contributed by atoms with E-state index >= 15 is 0 Å². The zero-order chi connectivity index (χ0) is 18.8. The molecule has 1 aromatic carbocycles. The molecule has 0 bridgehead atoms. The highest BCUT2D eigenvalue weighted by Crippen LogP contribution is 2.30. The van der Waals surface area contributed by atoms with Crippen molar-refractivity contribution in [3.05, 3.63) is 46.2 Å². The summed E-state index contributed by atoms with van der Waals surface area (Å²) >= 11 is 3.26. The molecule has 4 rings (SSSR count). The number of benzene rings is 1. The molecule has 0 aliphatic carbocycles. The van der Waals surface area contributed by atoms with Gasteiger partial charge in [0.05, 0.1) is 22.9 Å². The molecule has 3 aromatic rings. The average molecular weight is 403 g/mol. The van der Waals surface area contributed by atoms with E-state index < -0.39 is 6.04 Å². The molecule has 142 valence electrons. The Bertz CT molecular complexity index is 917. The zero-order valence-corrected chi connectivity index (χ0v) is 16.5. The largest absolute Gasteiger partial charge is 0.392 e. The molecule has 8 heteroatoms. The van der Waals surface area contributed by atoms with Gasteiger partial charge >= 0.3 is 0 Å². The molecular formula is C19H22N4O2S2. The quantitative estimate of drug-likeness (QED) is 0.683. The molecule has 2 aromatic heterocycles. The van der Waals surface area contributed by atoms with Gasteiger partial charge in [0.2, 0.25) is 5.91 Å². The summed E-state index contributed by atoms with van der Waals surface area (Å²) in [5, 5.41) is 12.3. The minimum atomic E-state index is -0.477. The van der Waals surface area contributed by atoms with Gasteiger partial charge in [-0.05, 0) is 29.1 Å². The van der Waals surface area contributed by atoms with Crippen LogP contribution in [0.5, 0.6) is 0 Å². The fraction of sp³-hybridized carbons (Fsp3) is 0.368. The standard InChI is InChI=1S/C19H22N4O2S2/c20-15(11-14-2-1-9-26-14)18(25)22-5-7-23(8-6-22)19-21-16-4-3-13(12-24)10-17(16)27-19/h1-4,9-10,15,24H,5-8,11-12,20H2/t15-/m0/s1. The van der Waals surface area contributed by atoms with E-state index in [1.54, 1.807) is 22.7 Å². The first-order valence-electron chi connectivity index (χ1n) is 8.96. The first-order chi connectivity index (χ1) is 13.1. The van der Waals surface area contributed by atoms with Gasteiger partial charge in [0.25, 0.3) is 0 Å². The van der Waals surface area contributed by atoms with Gasteiger partial charge in [0.15, 0.2) is 5.13 Å². The van der Waals surface area contributed by atoms with Crippen LogP contribution in [0.2, 0.25) is 0 Å². The highest BCUT2D eigenvalue weighted by atomic mass is 32.1. The molecule has 27 heavy (non-hydrogen) atoms. The second kappa shape index (κ2) is 7.93. The molecule has 0 radical (unpaired) electrons. The number of hydrogen-bond acceptors (Lipinski definition) is 7. The Balaban J connectivity index is 1.37. The molecule has 3 heterocycles. The van der Waals surface area contributed by atoms with E-state index in [2.05, 4.69) is 4.90 Å². The van der Waals surface area contributed by atoms with Gasteiger partial charge < -0.3 is 20.6 Å². The zero-order valence-electron chi connectivity index (χ0n) is 14.9. The molecule has 0 unspecified atom stereocenters. The minimum Gasteiger partial charge on any atom is -0.392 e. The van der Waals surface area contributed by atoms with Crippen molar-refractivity contribution in [2.75, 3.05) is 31.1 Å². The summed E-state index contributed by atoms with van der Waals surface area (Å²) in [5.41, 5.74) is 7.98. The molecule has 1 aliphatic rings. The van der Waals surface area contributed by atoms with E-state index in [9.17, 15) is 9.90 Å². The maximum absolute atomic E-state index is 12.6. The minimum absolute atomic E-state index is 0.0277. The van der Waals surface area contributed by atoms with Crippen molar-refractivity contribution in [3.8, 4) is 0 Å². The van der Waals surface area contributed by atoms with Crippen molar-refractivity contribution in [2.45, 2.75) is 19.1 Å². The molecule has 1 amide bonds. The number of aliphatic hydroxyl groups is 1. The average Bonchev–Trinajstić information content (AvgIpc) is 3.36. The van der Waals surface area contributed by atoms with Crippen LogP contribution < -0.4 is 10.6 Å². The summed E-state index contributed by atoms with van der Waals surface area (Å²) in [6.45, 7) is 2.87. The summed E-state index contributed by atoms with van der Waals surface area (Å²) in [6.07, 6.45) is 0.599. The fourth-order valence-electron chi connectivity index (χ4n) is 3.28. The number of aromatic nitrogens is 1. The lowest BCUT2D eigenvalue weighted by Crippen LogP contribution is -2.53. The third-order valence-electron chi connectivity index (χ3n) is 4.80. The molecule has 1 saturated heterocycles. The maximum Gasteiger partial charge on any atom is 0.239 e. The van der Waals surface area contributed by atoms with Gasteiger partial charge in [-0.1, -0.05) is 23.5 Å². The van der Waals surface area contributed by atoms with Gasteiger partial charge in [-0.15, -0.1) is 11.3 Å². The van der Waals surface area contributed by atoms with Crippen LogP contribution in [0, 0.1) is 0 Å². The van der Waals surface area contributed by atoms with E-state index in [0.29, 0.717) is 19.5 Å². The maximum atomic E-state index is 12.6. The normalized spacial score (nSPS) is 16.1. The number of anilines is 1. The van der Waals surface area contributed by atoms with Crippen LogP contribution in [0.1, 0.15) is 10.4 Å².